The maximum absolute atomic E-state index is 11.7. The van der Waals surface area contributed by atoms with Gasteiger partial charge in [-0.05, 0) is 18.6 Å². The van der Waals surface area contributed by atoms with E-state index in [4.69, 9.17) is 14.9 Å². The summed E-state index contributed by atoms with van der Waals surface area (Å²) in [6.07, 6.45) is 0.126. The Bertz CT molecular complexity index is 591. The largest absolute Gasteiger partial charge is 0.421 e. The molecule has 0 amide bonds. The van der Waals surface area contributed by atoms with Crippen molar-refractivity contribution in [3.05, 3.63) is 66.2 Å². The molecule has 0 aliphatic rings. The molecule has 1 unspecified atom stereocenters. The lowest BCUT2D eigenvalue weighted by Gasteiger charge is -2.02. The van der Waals surface area contributed by atoms with Crippen molar-refractivity contribution >= 4 is 11.8 Å². The number of aliphatic hydroxyl groups is 2. The number of benzene rings is 2. The number of ether oxygens (including phenoxy) is 1. The summed E-state index contributed by atoms with van der Waals surface area (Å²) in [5.74, 6) is -1.15. The third-order valence-corrected chi connectivity index (χ3v) is 2.86. The van der Waals surface area contributed by atoms with E-state index in [1.807, 2.05) is 6.92 Å². The highest BCUT2D eigenvalue weighted by molar-refractivity contribution is 6.41. The number of carbonyl (C=O) groups is 2. The lowest BCUT2D eigenvalue weighted by molar-refractivity contribution is -0.129. The summed E-state index contributed by atoms with van der Waals surface area (Å²) < 4.78 is 4.94. The normalized spacial score (nSPS) is 10.9. The Morgan fingerprint density at radius 2 is 1.52 bits per heavy atom. The molecule has 0 radical (unpaired) electrons. The van der Waals surface area contributed by atoms with Crippen LogP contribution in [0.2, 0.25) is 0 Å². The molecule has 0 saturated carbocycles. The highest BCUT2D eigenvalue weighted by Gasteiger charge is 2.17. The molecule has 5 heteroatoms. The number of carbonyl (C=O) groups excluding carboxylic acids is 2. The number of aliphatic hydroxyl groups excluding tert-OH is 2. The molecule has 0 fully saturated rings. The molecule has 0 aromatic heterocycles. The SMILES string of the molecule is CCC(O)CO.O=C(Oc1ccccc1)C(=O)c1ccccc1. The van der Waals surface area contributed by atoms with Gasteiger partial charge in [0.05, 0.1) is 12.7 Å². The van der Waals surface area contributed by atoms with Crippen molar-refractivity contribution < 1.29 is 24.5 Å². The average molecular weight is 316 g/mol. The van der Waals surface area contributed by atoms with E-state index in [1.165, 1.54) is 0 Å². The number of Topliss-reactive ketones (excluding diaryl/α,β-unsaturated/α-hetero) is 1. The summed E-state index contributed by atoms with van der Waals surface area (Å²) in [6.45, 7) is 1.71. The van der Waals surface area contributed by atoms with Crippen LogP contribution in [0.3, 0.4) is 0 Å². The van der Waals surface area contributed by atoms with Crippen molar-refractivity contribution in [1.82, 2.24) is 0 Å². The Labute approximate surface area is 135 Å². The quantitative estimate of drug-likeness (QED) is 0.382. The standard InChI is InChI=1S/C14H10O3.C4H10O2/c15-13(11-7-3-1-4-8-11)14(16)17-12-9-5-2-6-10-12;1-2-4(6)3-5/h1-10H;4-6H,2-3H2,1H3. The van der Waals surface area contributed by atoms with E-state index in [2.05, 4.69) is 0 Å². The molecule has 0 aliphatic heterocycles. The molecule has 0 spiro atoms. The number of rotatable bonds is 5. The monoisotopic (exact) mass is 316 g/mol. The first kappa shape index (κ1) is 18.5. The van der Waals surface area contributed by atoms with E-state index < -0.39 is 17.9 Å². The van der Waals surface area contributed by atoms with Crippen molar-refractivity contribution in [2.24, 2.45) is 0 Å². The Morgan fingerprint density at radius 3 is 1.96 bits per heavy atom. The van der Waals surface area contributed by atoms with Gasteiger partial charge in [0.1, 0.15) is 5.75 Å². The minimum Gasteiger partial charge on any atom is -0.421 e. The minimum absolute atomic E-state index is 0.115. The van der Waals surface area contributed by atoms with Crippen molar-refractivity contribution in [1.29, 1.82) is 0 Å². The second-order valence-corrected chi connectivity index (χ2v) is 4.64. The zero-order valence-electron chi connectivity index (χ0n) is 12.9. The van der Waals surface area contributed by atoms with E-state index in [0.29, 0.717) is 17.7 Å². The Balaban J connectivity index is 0.000000379. The average Bonchev–Trinajstić information content (AvgIpc) is 2.62. The highest BCUT2D eigenvalue weighted by Crippen LogP contribution is 2.10. The molecule has 23 heavy (non-hydrogen) atoms. The first-order valence-corrected chi connectivity index (χ1v) is 7.24. The molecule has 2 rings (SSSR count). The molecular weight excluding hydrogens is 296 g/mol. The summed E-state index contributed by atoms with van der Waals surface area (Å²) >= 11 is 0. The molecule has 0 saturated heterocycles. The fourth-order valence-electron chi connectivity index (χ4n) is 1.48. The second kappa shape index (κ2) is 10.3. The minimum atomic E-state index is -0.873. The molecule has 122 valence electrons. The van der Waals surface area contributed by atoms with Crippen molar-refractivity contribution in [3.8, 4) is 5.75 Å². The van der Waals surface area contributed by atoms with Crippen LogP contribution in [0.4, 0.5) is 0 Å². The summed E-state index contributed by atoms with van der Waals surface area (Å²) in [6, 6.07) is 16.8. The molecule has 5 nitrogen and oxygen atoms in total. The van der Waals surface area contributed by atoms with Crippen LogP contribution >= 0.6 is 0 Å². The van der Waals surface area contributed by atoms with Gasteiger partial charge in [-0.2, -0.15) is 0 Å². The molecular formula is C18H20O5. The van der Waals surface area contributed by atoms with Gasteiger partial charge in [0, 0.05) is 5.56 Å². The van der Waals surface area contributed by atoms with Crippen molar-refractivity contribution in [3.63, 3.8) is 0 Å². The molecule has 2 N–H and O–H groups in total. The third-order valence-electron chi connectivity index (χ3n) is 2.86. The number of esters is 1. The maximum atomic E-state index is 11.7. The topological polar surface area (TPSA) is 83.8 Å². The summed E-state index contributed by atoms with van der Waals surface area (Å²) in [4.78, 5) is 23.2. The zero-order chi connectivity index (χ0) is 17.1. The van der Waals surface area contributed by atoms with Crippen LogP contribution in [0.1, 0.15) is 23.7 Å². The number of hydrogen-bond donors (Lipinski definition) is 2. The van der Waals surface area contributed by atoms with Gasteiger partial charge in [0.15, 0.2) is 0 Å². The van der Waals surface area contributed by atoms with E-state index in [9.17, 15) is 9.59 Å². The van der Waals surface area contributed by atoms with Crippen LogP contribution in [0.25, 0.3) is 0 Å². The van der Waals surface area contributed by atoms with Crippen LogP contribution in [-0.2, 0) is 4.79 Å². The van der Waals surface area contributed by atoms with Crippen LogP contribution in [0.5, 0.6) is 5.75 Å². The first-order valence-electron chi connectivity index (χ1n) is 7.24. The lowest BCUT2D eigenvalue weighted by atomic mass is 10.1. The van der Waals surface area contributed by atoms with E-state index in [-0.39, 0.29) is 6.61 Å². The summed E-state index contributed by atoms with van der Waals surface area (Å²) in [7, 11) is 0. The van der Waals surface area contributed by atoms with Gasteiger partial charge < -0.3 is 14.9 Å². The second-order valence-electron chi connectivity index (χ2n) is 4.64. The van der Waals surface area contributed by atoms with Gasteiger partial charge in [-0.1, -0.05) is 55.5 Å². The number of para-hydroxylation sites is 1. The fraction of sp³-hybridized carbons (Fsp3) is 0.222. The third kappa shape index (κ3) is 6.86. The van der Waals surface area contributed by atoms with Gasteiger partial charge in [-0.15, -0.1) is 0 Å². The zero-order valence-corrected chi connectivity index (χ0v) is 12.9. The van der Waals surface area contributed by atoms with E-state index in [1.54, 1.807) is 60.7 Å². The van der Waals surface area contributed by atoms with Gasteiger partial charge in [-0.3, -0.25) is 4.79 Å². The van der Waals surface area contributed by atoms with Gasteiger partial charge in [-0.25, -0.2) is 4.79 Å². The molecule has 0 aliphatic carbocycles. The van der Waals surface area contributed by atoms with Gasteiger partial charge in [0.25, 0.3) is 5.78 Å². The Morgan fingerprint density at radius 1 is 1.00 bits per heavy atom. The Hall–Kier alpha value is -2.50. The van der Waals surface area contributed by atoms with Crippen molar-refractivity contribution in [2.45, 2.75) is 19.4 Å². The van der Waals surface area contributed by atoms with Crippen molar-refractivity contribution in [2.75, 3.05) is 6.61 Å². The number of ketones is 1. The van der Waals surface area contributed by atoms with Crippen LogP contribution in [0, 0.1) is 0 Å². The maximum Gasteiger partial charge on any atom is 0.385 e. The molecule has 2 aromatic rings. The van der Waals surface area contributed by atoms with Crippen LogP contribution < -0.4 is 4.74 Å². The fourth-order valence-corrected chi connectivity index (χ4v) is 1.48. The first-order chi connectivity index (χ1) is 11.1. The smallest absolute Gasteiger partial charge is 0.385 e. The van der Waals surface area contributed by atoms with Crippen LogP contribution in [0.15, 0.2) is 60.7 Å². The molecule has 1 atom stereocenters. The predicted octanol–water partition coefficient (Wildman–Crippen LogP) is 2.22. The highest BCUT2D eigenvalue weighted by atomic mass is 16.5. The Kier molecular flexibility index (Phi) is 8.28. The summed E-state index contributed by atoms with van der Waals surface area (Å²) in [5.41, 5.74) is 0.327. The molecule has 2 aromatic carbocycles. The van der Waals surface area contributed by atoms with E-state index >= 15 is 0 Å². The van der Waals surface area contributed by atoms with Gasteiger partial charge >= 0.3 is 5.97 Å². The van der Waals surface area contributed by atoms with Crippen LogP contribution in [-0.4, -0.2) is 34.7 Å². The van der Waals surface area contributed by atoms with Gasteiger partial charge in [0.2, 0.25) is 0 Å². The molecule has 0 heterocycles. The predicted molar refractivity (Wildman–Crippen MR) is 86.2 cm³/mol. The lowest BCUT2D eigenvalue weighted by Crippen LogP contribution is -2.20. The van der Waals surface area contributed by atoms with E-state index in [0.717, 1.165) is 0 Å². The number of hydrogen-bond acceptors (Lipinski definition) is 5. The summed E-state index contributed by atoms with van der Waals surface area (Å²) in [5, 5.41) is 16.5. The molecule has 0 bridgehead atoms.